The van der Waals surface area contributed by atoms with Crippen LogP contribution in [0.3, 0.4) is 0 Å². The number of carbonyl (C=O) groups excluding carboxylic acids is 1. The number of fused-ring (bicyclic) bond motifs is 3. The van der Waals surface area contributed by atoms with Gasteiger partial charge in [0.2, 0.25) is 0 Å². The average Bonchev–Trinajstić information content (AvgIpc) is 2.79. The van der Waals surface area contributed by atoms with Gasteiger partial charge < -0.3 is 5.73 Å². The maximum absolute atomic E-state index is 12.5. The highest BCUT2D eigenvalue weighted by Crippen LogP contribution is 2.47. The third-order valence-corrected chi connectivity index (χ3v) is 5.56. The van der Waals surface area contributed by atoms with E-state index in [1.165, 1.54) is 11.1 Å². The zero-order valence-electron chi connectivity index (χ0n) is 13.3. The normalized spacial score (nSPS) is 21.9. The summed E-state index contributed by atoms with van der Waals surface area (Å²) >= 11 is 0. The van der Waals surface area contributed by atoms with Crippen molar-refractivity contribution in [3.8, 4) is 0 Å². The highest BCUT2D eigenvalue weighted by atomic mass is 16.1. The van der Waals surface area contributed by atoms with Crippen molar-refractivity contribution in [1.82, 2.24) is 4.98 Å². The molecule has 24 heavy (non-hydrogen) atoms. The van der Waals surface area contributed by atoms with Gasteiger partial charge in [-0.25, -0.2) is 0 Å². The molecule has 3 nitrogen and oxygen atoms in total. The van der Waals surface area contributed by atoms with Crippen LogP contribution in [0.15, 0.2) is 48.5 Å². The fourth-order valence-corrected chi connectivity index (χ4v) is 4.53. The Bertz CT molecular complexity index is 992. The van der Waals surface area contributed by atoms with Gasteiger partial charge >= 0.3 is 0 Å². The van der Waals surface area contributed by atoms with E-state index in [1.54, 1.807) is 0 Å². The standard InChI is InChI=1S/C21H18N2O/c22-21-16-7-3-4-8-18(16)23-19-10-12-9-13(24)11-17(20(19)21)15-6-2-1-5-14(12)15/h1-8,12,17H,9-11H2,(H2,22,23)/t12-,17-/m0/s1. The molecule has 0 radical (unpaired) electrons. The lowest BCUT2D eigenvalue weighted by atomic mass is 9.84. The number of carbonyl (C=O) groups is 1. The van der Waals surface area contributed by atoms with Crippen LogP contribution in [0.5, 0.6) is 0 Å². The number of anilines is 1. The van der Waals surface area contributed by atoms with Crippen molar-refractivity contribution in [2.45, 2.75) is 31.1 Å². The van der Waals surface area contributed by atoms with Crippen molar-refractivity contribution in [3.63, 3.8) is 0 Å². The fraction of sp³-hybridized carbons (Fsp3) is 0.238. The predicted octanol–water partition coefficient (Wildman–Crippen LogP) is 3.95. The van der Waals surface area contributed by atoms with Crippen LogP contribution in [0.25, 0.3) is 10.9 Å². The van der Waals surface area contributed by atoms with E-state index in [-0.39, 0.29) is 11.8 Å². The van der Waals surface area contributed by atoms with Crippen molar-refractivity contribution in [2.75, 3.05) is 5.73 Å². The molecule has 5 rings (SSSR count). The minimum absolute atomic E-state index is 0.0355. The average molecular weight is 314 g/mol. The first-order valence-electron chi connectivity index (χ1n) is 8.50. The number of benzene rings is 2. The quantitative estimate of drug-likeness (QED) is 0.683. The highest BCUT2D eigenvalue weighted by molar-refractivity contribution is 5.94. The van der Waals surface area contributed by atoms with Gasteiger partial charge in [-0.1, -0.05) is 42.5 Å². The van der Waals surface area contributed by atoms with Crippen LogP contribution in [0.2, 0.25) is 0 Å². The largest absolute Gasteiger partial charge is 0.398 e. The molecular weight excluding hydrogens is 296 g/mol. The number of Topliss-reactive ketones (excluding diaryl/α,β-unsaturated/α-hetero) is 1. The smallest absolute Gasteiger partial charge is 0.134 e. The number of nitrogens with two attached hydrogens (primary N) is 1. The van der Waals surface area contributed by atoms with Crippen LogP contribution in [0.1, 0.15) is 47.1 Å². The number of para-hydroxylation sites is 1. The molecule has 2 aromatic carbocycles. The Balaban J connectivity index is 1.87. The SMILES string of the molecule is Nc1c2c(nc3ccccc13)C[C@@H]1CC(=O)C[C@H]2c2ccccc21. The minimum Gasteiger partial charge on any atom is -0.398 e. The number of pyridine rings is 1. The lowest BCUT2D eigenvalue weighted by Gasteiger charge is -2.22. The Morgan fingerprint density at radius 2 is 1.67 bits per heavy atom. The first-order valence-corrected chi connectivity index (χ1v) is 8.50. The van der Waals surface area contributed by atoms with E-state index in [0.29, 0.717) is 18.6 Å². The Labute approximate surface area is 140 Å². The lowest BCUT2D eigenvalue weighted by Crippen LogP contribution is -2.16. The van der Waals surface area contributed by atoms with Crippen LogP contribution < -0.4 is 5.73 Å². The van der Waals surface area contributed by atoms with Gasteiger partial charge in [0.1, 0.15) is 5.78 Å². The summed E-state index contributed by atoms with van der Waals surface area (Å²) in [6.07, 6.45) is 1.94. The van der Waals surface area contributed by atoms with Crippen LogP contribution >= 0.6 is 0 Å². The second-order valence-electron chi connectivity index (χ2n) is 6.93. The molecule has 0 aliphatic heterocycles. The molecule has 1 heterocycles. The number of nitrogens with zero attached hydrogens (tertiary/aromatic N) is 1. The summed E-state index contributed by atoms with van der Waals surface area (Å²) in [6, 6.07) is 16.5. The van der Waals surface area contributed by atoms with Gasteiger partial charge in [0, 0.05) is 41.1 Å². The molecule has 0 fully saturated rings. The zero-order valence-corrected chi connectivity index (χ0v) is 13.3. The summed E-state index contributed by atoms with van der Waals surface area (Å²) in [5.41, 5.74) is 13.1. The second-order valence-corrected chi connectivity index (χ2v) is 6.93. The first kappa shape index (κ1) is 13.7. The van der Waals surface area contributed by atoms with E-state index in [2.05, 4.69) is 24.3 Å². The van der Waals surface area contributed by atoms with Gasteiger partial charge in [-0.2, -0.15) is 0 Å². The van der Waals surface area contributed by atoms with Crippen LogP contribution in [-0.2, 0) is 11.2 Å². The molecule has 2 aliphatic rings. The second kappa shape index (κ2) is 4.91. The van der Waals surface area contributed by atoms with E-state index in [9.17, 15) is 4.79 Å². The van der Waals surface area contributed by atoms with Crippen molar-refractivity contribution >= 4 is 22.4 Å². The monoisotopic (exact) mass is 314 g/mol. The van der Waals surface area contributed by atoms with Gasteiger partial charge in [-0.15, -0.1) is 0 Å². The maximum atomic E-state index is 12.5. The molecule has 0 spiro atoms. The third-order valence-electron chi connectivity index (χ3n) is 5.56. The zero-order chi connectivity index (χ0) is 16.3. The van der Waals surface area contributed by atoms with Gasteiger partial charge in [0.05, 0.1) is 5.52 Å². The van der Waals surface area contributed by atoms with Gasteiger partial charge in [0.25, 0.3) is 0 Å². The Hall–Kier alpha value is -2.68. The van der Waals surface area contributed by atoms with Crippen LogP contribution in [-0.4, -0.2) is 10.8 Å². The van der Waals surface area contributed by atoms with Crippen molar-refractivity contribution in [3.05, 3.63) is 70.9 Å². The van der Waals surface area contributed by atoms with Crippen molar-refractivity contribution in [2.24, 2.45) is 0 Å². The maximum Gasteiger partial charge on any atom is 0.134 e. The predicted molar refractivity (Wildman–Crippen MR) is 95.1 cm³/mol. The topological polar surface area (TPSA) is 56.0 Å². The number of ketones is 1. The van der Waals surface area contributed by atoms with E-state index in [0.717, 1.165) is 34.3 Å². The summed E-state index contributed by atoms with van der Waals surface area (Å²) in [6.45, 7) is 0. The molecule has 0 saturated heterocycles. The summed E-state index contributed by atoms with van der Waals surface area (Å²) in [5, 5.41) is 0.991. The van der Waals surface area contributed by atoms with E-state index >= 15 is 0 Å². The first-order chi connectivity index (χ1) is 11.7. The number of hydrogen-bond acceptors (Lipinski definition) is 3. The molecule has 0 amide bonds. The van der Waals surface area contributed by atoms with Gasteiger partial charge in [-0.3, -0.25) is 9.78 Å². The van der Waals surface area contributed by atoms with Gasteiger partial charge in [-0.05, 0) is 29.5 Å². The number of aromatic nitrogens is 1. The molecule has 118 valence electrons. The fourth-order valence-electron chi connectivity index (χ4n) is 4.53. The molecule has 3 aromatic rings. The minimum atomic E-state index is 0.0355. The molecule has 0 unspecified atom stereocenters. The Morgan fingerprint density at radius 1 is 0.917 bits per heavy atom. The highest BCUT2D eigenvalue weighted by Gasteiger charge is 2.36. The molecule has 2 N–H and O–H groups in total. The molecule has 2 atom stereocenters. The summed E-state index contributed by atoms with van der Waals surface area (Å²) in [5.74, 6) is 0.584. The van der Waals surface area contributed by atoms with Crippen molar-refractivity contribution < 1.29 is 4.79 Å². The number of rotatable bonds is 0. The lowest BCUT2D eigenvalue weighted by molar-refractivity contribution is -0.119. The third kappa shape index (κ3) is 1.84. The molecule has 2 bridgehead atoms. The number of hydrogen-bond donors (Lipinski definition) is 1. The van der Waals surface area contributed by atoms with Gasteiger partial charge in [0.15, 0.2) is 0 Å². The molecule has 3 heteroatoms. The molecule has 0 saturated carbocycles. The number of nitrogen functional groups attached to an aromatic ring is 1. The molecule has 1 aromatic heterocycles. The summed E-state index contributed by atoms with van der Waals surface area (Å²) in [7, 11) is 0. The van der Waals surface area contributed by atoms with Crippen LogP contribution in [0.4, 0.5) is 5.69 Å². The van der Waals surface area contributed by atoms with E-state index in [1.807, 2.05) is 24.3 Å². The Morgan fingerprint density at radius 3 is 2.54 bits per heavy atom. The molecular formula is C21H18N2O. The summed E-state index contributed by atoms with van der Waals surface area (Å²) < 4.78 is 0. The van der Waals surface area contributed by atoms with Crippen molar-refractivity contribution in [1.29, 1.82) is 0 Å². The van der Waals surface area contributed by atoms with E-state index < -0.39 is 0 Å². The Kier molecular flexibility index (Phi) is 2.81. The van der Waals surface area contributed by atoms with Crippen LogP contribution in [0, 0.1) is 0 Å². The van der Waals surface area contributed by atoms with E-state index in [4.69, 9.17) is 10.7 Å². The molecule has 2 aliphatic carbocycles. The summed E-state index contributed by atoms with van der Waals surface area (Å²) in [4.78, 5) is 17.4.